The van der Waals surface area contributed by atoms with Gasteiger partial charge in [0.1, 0.15) is 5.69 Å². The van der Waals surface area contributed by atoms with Crippen molar-refractivity contribution < 1.29 is 9.59 Å². The topological polar surface area (TPSA) is 55.2 Å². The summed E-state index contributed by atoms with van der Waals surface area (Å²) in [6.45, 7) is 5.42. The zero-order valence-electron chi connectivity index (χ0n) is 17.8. The van der Waals surface area contributed by atoms with E-state index in [4.69, 9.17) is 16.7 Å². The highest BCUT2D eigenvalue weighted by Crippen LogP contribution is 2.31. The smallest absolute Gasteiger partial charge is 0.272 e. The maximum atomic E-state index is 13.3. The van der Waals surface area contributed by atoms with Gasteiger partial charge in [0, 0.05) is 29.2 Å². The molecule has 31 heavy (non-hydrogen) atoms. The second-order valence-electron chi connectivity index (χ2n) is 8.18. The standard InChI is InChI=1S/C25H26ClN3O2/c1-3-4-5-21-15-28(14-18-8-6-17(2)7-9-18)25(31)24-13-23(27-29(21)24)22-11-10-20(26)12-19(22)16-30/h6-13,16,21H,3-5,14-15H2,1-2H3. The minimum atomic E-state index is -0.0336. The maximum Gasteiger partial charge on any atom is 0.272 e. The third kappa shape index (κ3) is 4.42. The molecule has 2 heterocycles. The molecule has 6 heteroatoms. The van der Waals surface area contributed by atoms with Crippen molar-refractivity contribution in [2.24, 2.45) is 0 Å². The third-order valence-corrected chi connectivity index (χ3v) is 6.06. The Bertz CT molecular complexity index is 1100. The van der Waals surface area contributed by atoms with E-state index in [9.17, 15) is 9.59 Å². The van der Waals surface area contributed by atoms with E-state index in [2.05, 4.69) is 38.1 Å². The molecule has 0 radical (unpaired) electrons. The van der Waals surface area contributed by atoms with E-state index in [-0.39, 0.29) is 11.9 Å². The predicted octanol–water partition coefficient (Wildman–Crippen LogP) is 5.71. The minimum absolute atomic E-state index is 0.0336. The van der Waals surface area contributed by atoms with E-state index in [1.165, 1.54) is 5.56 Å². The van der Waals surface area contributed by atoms with Crippen molar-refractivity contribution in [3.8, 4) is 11.3 Å². The molecule has 4 rings (SSSR count). The molecule has 1 atom stereocenters. The molecule has 0 N–H and O–H groups in total. The molecule has 3 aromatic rings. The quantitative estimate of drug-likeness (QED) is 0.446. The van der Waals surface area contributed by atoms with Gasteiger partial charge in [0.2, 0.25) is 0 Å². The number of carbonyl (C=O) groups excluding carboxylic acids is 2. The summed E-state index contributed by atoms with van der Waals surface area (Å²) in [5.41, 5.74) is 4.67. The van der Waals surface area contributed by atoms with E-state index in [0.717, 1.165) is 31.1 Å². The van der Waals surface area contributed by atoms with Crippen molar-refractivity contribution in [1.29, 1.82) is 0 Å². The van der Waals surface area contributed by atoms with Crippen LogP contribution in [0.5, 0.6) is 0 Å². The third-order valence-electron chi connectivity index (χ3n) is 5.82. The Morgan fingerprint density at radius 3 is 2.65 bits per heavy atom. The largest absolute Gasteiger partial charge is 0.331 e. The van der Waals surface area contributed by atoms with Crippen LogP contribution in [0.2, 0.25) is 5.02 Å². The lowest BCUT2D eigenvalue weighted by Gasteiger charge is -2.33. The Morgan fingerprint density at radius 2 is 1.94 bits per heavy atom. The Morgan fingerprint density at radius 1 is 1.16 bits per heavy atom. The fourth-order valence-corrected chi connectivity index (χ4v) is 4.29. The van der Waals surface area contributed by atoms with Crippen molar-refractivity contribution >= 4 is 23.8 Å². The maximum absolute atomic E-state index is 13.3. The number of hydrogen-bond donors (Lipinski definition) is 0. The summed E-state index contributed by atoms with van der Waals surface area (Å²) in [4.78, 5) is 26.8. The summed E-state index contributed by atoms with van der Waals surface area (Å²) in [5.74, 6) is -0.0336. The molecule has 1 unspecified atom stereocenters. The van der Waals surface area contributed by atoms with Crippen LogP contribution in [0.3, 0.4) is 0 Å². The first-order valence-electron chi connectivity index (χ1n) is 10.7. The summed E-state index contributed by atoms with van der Waals surface area (Å²) >= 11 is 6.05. The van der Waals surface area contributed by atoms with Crippen LogP contribution in [-0.4, -0.2) is 33.4 Å². The highest BCUT2D eigenvalue weighted by molar-refractivity contribution is 6.31. The molecule has 1 amide bonds. The average Bonchev–Trinajstić information content (AvgIpc) is 3.22. The zero-order valence-corrected chi connectivity index (χ0v) is 18.6. The van der Waals surface area contributed by atoms with Crippen LogP contribution in [0, 0.1) is 6.92 Å². The normalized spacial score (nSPS) is 15.8. The predicted molar refractivity (Wildman–Crippen MR) is 123 cm³/mol. The number of rotatable bonds is 7. The molecule has 0 fully saturated rings. The Labute approximate surface area is 187 Å². The second-order valence-corrected chi connectivity index (χ2v) is 8.61. The van der Waals surface area contributed by atoms with Gasteiger partial charge in [-0.15, -0.1) is 0 Å². The van der Waals surface area contributed by atoms with Crippen LogP contribution in [0.1, 0.15) is 64.2 Å². The number of benzene rings is 2. The number of amides is 1. The Kier molecular flexibility index (Phi) is 6.23. The van der Waals surface area contributed by atoms with Crippen LogP contribution >= 0.6 is 11.6 Å². The molecular weight excluding hydrogens is 410 g/mol. The molecule has 0 saturated heterocycles. The molecule has 0 bridgehead atoms. The van der Waals surface area contributed by atoms with Crippen molar-refractivity contribution in [1.82, 2.24) is 14.7 Å². The summed E-state index contributed by atoms with van der Waals surface area (Å²) in [6.07, 6.45) is 3.87. The average molecular weight is 436 g/mol. The zero-order chi connectivity index (χ0) is 22.0. The molecule has 1 aliphatic heterocycles. The van der Waals surface area contributed by atoms with E-state index in [0.29, 0.717) is 40.6 Å². The highest BCUT2D eigenvalue weighted by atomic mass is 35.5. The highest BCUT2D eigenvalue weighted by Gasteiger charge is 2.33. The van der Waals surface area contributed by atoms with Crippen LogP contribution in [-0.2, 0) is 6.54 Å². The molecule has 0 saturated carbocycles. The van der Waals surface area contributed by atoms with Crippen molar-refractivity contribution in [3.05, 3.63) is 75.9 Å². The number of aromatic nitrogens is 2. The SMILES string of the molecule is CCCCC1CN(Cc2ccc(C)cc2)C(=O)c2cc(-c3ccc(Cl)cc3C=O)nn21. The number of hydrogen-bond acceptors (Lipinski definition) is 3. The van der Waals surface area contributed by atoms with E-state index in [1.54, 1.807) is 24.3 Å². The Balaban J connectivity index is 1.70. The van der Waals surface area contributed by atoms with Gasteiger partial charge in [-0.05, 0) is 37.1 Å². The molecule has 160 valence electrons. The van der Waals surface area contributed by atoms with Crippen LogP contribution in [0.4, 0.5) is 0 Å². The minimum Gasteiger partial charge on any atom is -0.331 e. The number of nitrogens with zero attached hydrogens (tertiary/aromatic N) is 3. The molecule has 0 aliphatic carbocycles. The number of aryl methyl sites for hydroxylation is 1. The molecule has 0 spiro atoms. The lowest BCUT2D eigenvalue weighted by molar-refractivity contribution is 0.0635. The fourth-order valence-electron chi connectivity index (χ4n) is 4.11. The Hall–Kier alpha value is -2.92. The van der Waals surface area contributed by atoms with Gasteiger partial charge >= 0.3 is 0 Å². The number of fused-ring (bicyclic) bond motifs is 1. The first-order valence-corrected chi connectivity index (χ1v) is 11.1. The van der Waals surface area contributed by atoms with Crippen molar-refractivity contribution in [3.63, 3.8) is 0 Å². The van der Waals surface area contributed by atoms with Gasteiger partial charge in [0.15, 0.2) is 6.29 Å². The van der Waals surface area contributed by atoms with Gasteiger partial charge in [0.05, 0.1) is 11.7 Å². The van der Waals surface area contributed by atoms with Crippen LogP contribution in [0.15, 0.2) is 48.5 Å². The van der Waals surface area contributed by atoms with Gasteiger partial charge in [0.25, 0.3) is 5.91 Å². The summed E-state index contributed by atoms with van der Waals surface area (Å²) in [5, 5.41) is 5.26. The van der Waals surface area contributed by atoms with E-state index < -0.39 is 0 Å². The van der Waals surface area contributed by atoms with Crippen molar-refractivity contribution in [2.45, 2.75) is 45.7 Å². The number of carbonyl (C=O) groups is 2. The molecule has 1 aliphatic rings. The van der Waals surface area contributed by atoms with Crippen LogP contribution < -0.4 is 0 Å². The molecular formula is C25H26ClN3O2. The lowest BCUT2D eigenvalue weighted by atomic mass is 10.0. The summed E-state index contributed by atoms with van der Waals surface area (Å²) in [6, 6.07) is 15.4. The second kappa shape index (κ2) is 9.06. The molecule has 1 aromatic heterocycles. The first kappa shape index (κ1) is 21.3. The van der Waals surface area contributed by atoms with Crippen molar-refractivity contribution in [2.75, 3.05) is 6.54 Å². The monoisotopic (exact) mass is 435 g/mol. The van der Waals surface area contributed by atoms with Gasteiger partial charge in [-0.3, -0.25) is 14.3 Å². The summed E-state index contributed by atoms with van der Waals surface area (Å²) < 4.78 is 1.86. The van der Waals surface area contributed by atoms with Gasteiger partial charge in [-0.1, -0.05) is 67.3 Å². The van der Waals surface area contributed by atoms with Crippen LogP contribution in [0.25, 0.3) is 11.3 Å². The number of aldehydes is 1. The van der Waals surface area contributed by atoms with E-state index >= 15 is 0 Å². The van der Waals surface area contributed by atoms with Gasteiger partial charge < -0.3 is 4.90 Å². The molecule has 2 aromatic carbocycles. The lowest BCUT2D eigenvalue weighted by Crippen LogP contribution is -2.42. The van der Waals surface area contributed by atoms with Gasteiger partial charge in [-0.25, -0.2) is 0 Å². The fraction of sp³-hybridized carbons (Fsp3) is 0.320. The van der Waals surface area contributed by atoms with Gasteiger partial charge in [-0.2, -0.15) is 5.10 Å². The first-order chi connectivity index (χ1) is 15.0. The van der Waals surface area contributed by atoms with E-state index in [1.807, 2.05) is 9.58 Å². The number of unbranched alkanes of at least 4 members (excludes halogenated alkanes) is 1. The molecule has 5 nitrogen and oxygen atoms in total. The number of halogens is 1. The summed E-state index contributed by atoms with van der Waals surface area (Å²) in [7, 11) is 0.